The molecule has 0 aliphatic rings. The van der Waals surface area contributed by atoms with Gasteiger partial charge in [0.2, 0.25) is 0 Å². The summed E-state index contributed by atoms with van der Waals surface area (Å²) >= 11 is 0. The van der Waals surface area contributed by atoms with Crippen molar-refractivity contribution < 1.29 is 9.53 Å². The van der Waals surface area contributed by atoms with Gasteiger partial charge in [0.15, 0.2) is 0 Å². The maximum Gasteiger partial charge on any atom is 0.407 e. The van der Waals surface area contributed by atoms with Crippen LogP contribution in [0.3, 0.4) is 0 Å². The molecule has 0 fully saturated rings. The van der Waals surface area contributed by atoms with Gasteiger partial charge in [-0.25, -0.2) is 4.79 Å². The average Bonchev–Trinajstić information content (AvgIpc) is 2.61. The summed E-state index contributed by atoms with van der Waals surface area (Å²) in [4.78, 5) is 15.7. The number of carbonyl (C=O) groups excluding carboxylic acids is 1. The number of carbonyl (C=O) groups is 1. The predicted molar refractivity (Wildman–Crippen MR) is 87.2 cm³/mol. The van der Waals surface area contributed by atoms with E-state index < -0.39 is 6.09 Å². The molecule has 0 unspecified atom stereocenters. The van der Waals surface area contributed by atoms with Gasteiger partial charge in [-0.3, -0.25) is 4.98 Å². The number of nitrogens with one attached hydrogen (secondary N) is 1. The Morgan fingerprint density at radius 3 is 2.91 bits per heavy atom. The van der Waals surface area contributed by atoms with Crippen molar-refractivity contribution in [1.82, 2.24) is 10.3 Å². The largest absolute Gasteiger partial charge is 0.445 e. The second-order valence-electron chi connectivity index (χ2n) is 4.76. The lowest BCUT2D eigenvalue weighted by Gasteiger charge is -2.05. The molecule has 1 amide bonds. The predicted octanol–water partition coefficient (Wildman–Crippen LogP) is 3.28. The molecule has 0 atom stereocenters. The lowest BCUT2D eigenvalue weighted by atomic mass is 10.2. The number of benzene rings is 1. The summed E-state index contributed by atoms with van der Waals surface area (Å²) < 4.78 is 5.10. The van der Waals surface area contributed by atoms with Crippen molar-refractivity contribution >= 4 is 12.2 Å². The first kappa shape index (κ1) is 16.2. The molecular formula is C18H17N3O2. The number of rotatable bonds is 6. The number of aromatic nitrogens is 1. The fraction of sp³-hybridized carbons (Fsp3) is 0.167. The van der Waals surface area contributed by atoms with Crippen LogP contribution >= 0.6 is 0 Å². The van der Waals surface area contributed by atoms with Crippen molar-refractivity contribution in [3.05, 3.63) is 71.6 Å². The van der Waals surface area contributed by atoms with Crippen LogP contribution in [0.5, 0.6) is 0 Å². The van der Waals surface area contributed by atoms with Crippen LogP contribution in [0.15, 0.2) is 54.7 Å². The smallest absolute Gasteiger partial charge is 0.407 e. The molecule has 1 N–H and O–H groups in total. The quantitative estimate of drug-likeness (QED) is 0.831. The molecule has 23 heavy (non-hydrogen) atoms. The van der Waals surface area contributed by atoms with Gasteiger partial charge >= 0.3 is 6.09 Å². The van der Waals surface area contributed by atoms with E-state index in [0.717, 1.165) is 11.3 Å². The fourth-order valence-electron chi connectivity index (χ4n) is 1.84. The summed E-state index contributed by atoms with van der Waals surface area (Å²) in [7, 11) is 0. The van der Waals surface area contributed by atoms with Crippen LogP contribution in [-0.2, 0) is 11.3 Å². The van der Waals surface area contributed by atoms with Crippen molar-refractivity contribution in [3.8, 4) is 6.07 Å². The van der Waals surface area contributed by atoms with Crippen molar-refractivity contribution in [1.29, 1.82) is 5.26 Å². The van der Waals surface area contributed by atoms with Gasteiger partial charge in [0.1, 0.15) is 6.61 Å². The molecule has 0 radical (unpaired) electrons. The number of alkyl carbamates (subject to hydrolysis) is 1. The molecule has 116 valence electrons. The van der Waals surface area contributed by atoms with Gasteiger partial charge in [-0.1, -0.05) is 36.4 Å². The number of amides is 1. The normalized spacial score (nSPS) is 10.2. The maximum absolute atomic E-state index is 11.5. The zero-order valence-corrected chi connectivity index (χ0v) is 12.6. The van der Waals surface area contributed by atoms with E-state index in [4.69, 9.17) is 10.00 Å². The molecule has 0 bridgehead atoms. The summed E-state index contributed by atoms with van der Waals surface area (Å²) in [5.41, 5.74) is 2.24. The third kappa shape index (κ3) is 6.02. The Morgan fingerprint density at radius 1 is 1.30 bits per heavy atom. The van der Waals surface area contributed by atoms with Crippen LogP contribution in [0, 0.1) is 11.3 Å². The summed E-state index contributed by atoms with van der Waals surface area (Å²) in [6.07, 6.45) is 5.52. The van der Waals surface area contributed by atoms with Crippen LogP contribution in [0.25, 0.3) is 6.08 Å². The highest BCUT2D eigenvalue weighted by Gasteiger charge is 2.00. The van der Waals surface area contributed by atoms with E-state index >= 15 is 0 Å². The van der Waals surface area contributed by atoms with E-state index in [9.17, 15) is 4.79 Å². The van der Waals surface area contributed by atoms with Crippen LogP contribution in [0.4, 0.5) is 4.79 Å². The molecule has 0 aliphatic heterocycles. The molecule has 1 aromatic carbocycles. The zero-order chi connectivity index (χ0) is 16.3. The minimum Gasteiger partial charge on any atom is -0.445 e. The summed E-state index contributed by atoms with van der Waals surface area (Å²) in [5.74, 6) is 0. The molecule has 5 heteroatoms. The molecule has 0 saturated heterocycles. The van der Waals surface area contributed by atoms with Crippen LogP contribution in [0.1, 0.15) is 23.2 Å². The topological polar surface area (TPSA) is 75.0 Å². The van der Waals surface area contributed by atoms with E-state index in [1.165, 1.54) is 0 Å². The molecule has 0 saturated carbocycles. The van der Waals surface area contributed by atoms with Crippen molar-refractivity contribution in [2.24, 2.45) is 0 Å². The molecular weight excluding hydrogens is 290 g/mol. The van der Waals surface area contributed by atoms with Crippen LogP contribution < -0.4 is 5.32 Å². The minimum absolute atomic E-state index is 0.257. The maximum atomic E-state index is 11.5. The third-order valence-electron chi connectivity index (χ3n) is 2.99. The monoisotopic (exact) mass is 307 g/mol. The molecule has 1 heterocycles. The molecule has 2 rings (SSSR count). The molecule has 0 spiro atoms. The first-order chi connectivity index (χ1) is 11.3. The van der Waals surface area contributed by atoms with E-state index in [2.05, 4.69) is 16.4 Å². The van der Waals surface area contributed by atoms with E-state index in [0.29, 0.717) is 18.5 Å². The zero-order valence-electron chi connectivity index (χ0n) is 12.6. The van der Waals surface area contributed by atoms with Crippen molar-refractivity contribution in [2.75, 3.05) is 6.54 Å². The Hall–Kier alpha value is -3.13. The number of nitrogens with zero attached hydrogens (tertiary/aromatic N) is 2. The second kappa shape index (κ2) is 9.00. The van der Waals surface area contributed by atoms with Gasteiger partial charge in [0.05, 0.1) is 17.3 Å². The van der Waals surface area contributed by atoms with Gasteiger partial charge < -0.3 is 10.1 Å². The average molecular weight is 307 g/mol. The highest BCUT2D eigenvalue weighted by atomic mass is 16.5. The van der Waals surface area contributed by atoms with Gasteiger partial charge in [-0.05, 0) is 30.2 Å². The Morgan fingerprint density at radius 2 is 2.13 bits per heavy atom. The van der Waals surface area contributed by atoms with Crippen molar-refractivity contribution in [2.45, 2.75) is 13.0 Å². The van der Waals surface area contributed by atoms with Crippen LogP contribution in [-0.4, -0.2) is 17.6 Å². The number of hydrogen-bond acceptors (Lipinski definition) is 4. The second-order valence-corrected chi connectivity index (χ2v) is 4.76. The van der Waals surface area contributed by atoms with Gasteiger partial charge in [-0.15, -0.1) is 0 Å². The lowest BCUT2D eigenvalue weighted by Crippen LogP contribution is -2.24. The Kier molecular flexibility index (Phi) is 6.36. The number of pyridine rings is 1. The minimum atomic E-state index is -0.438. The Bertz CT molecular complexity index is 706. The summed E-state index contributed by atoms with van der Waals surface area (Å²) in [5, 5.41) is 11.5. The number of ether oxygens (including phenoxy) is 1. The molecule has 2 aromatic rings. The van der Waals surface area contributed by atoms with Crippen LogP contribution in [0.2, 0.25) is 0 Å². The third-order valence-corrected chi connectivity index (χ3v) is 2.99. The van der Waals surface area contributed by atoms with E-state index in [1.54, 1.807) is 18.3 Å². The highest BCUT2D eigenvalue weighted by molar-refractivity contribution is 5.67. The number of hydrogen-bond donors (Lipinski definition) is 1. The fourth-order valence-corrected chi connectivity index (χ4v) is 1.84. The van der Waals surface area contributed by atoms with Gasteiger partial charge in [0, 0.05) is 12.7 Å². The lowest BCUT2D eigenvalue weighted by molar-refractivity contribution is 0.140. The number of nitriles is 1. The van der Waals surface area contributed by atoms with Crippen molar-refractivity contribution in [3.63, 3.8) is 0 Å². The standard InChI is InChI=1S/C18H17N3O2/c19-13-16-9-11-20-17(12-16)8-4-5-10-21-18(22)23-14-15-6-2-1-3-7-15/h1-4,6-9,11-12H,5,10,14H2,(H,21,22). The Balaban J connectivity index is 1.65. The first-order valence-corrected chi connectivity index (χ1v) is 7.25. The summed E-state index contributed by atoms with van der Waals surface area (Å²) in [6.45, 7) is 0.732. The molecule has 1 aromatic heterocycles. The van der Waals surface area contributed by atoms with E-state index in [1.807, 2.05) is 42.5 Å². The highest BCUT2D eigenvalue weighted by Crippen LogP contribution is 2.03. The van der Waals surface area contributed by atoms with Gasteiger partial charge in [0.25, 0.3) is 0 Å². The van der Waals surface area contributed by atoms with Gasteiger partial charge in [-0.2, -0.15) is 5.26 Å². The Labute approximate surface area is 135 Å². The first-order valence-electron chi connectivity index (χ1n) is 7.25. The SMILES string of the molecule is N#Cc1ccnc(C=CCCNC(=O)OCc2ccccc2)c1. The summed E-state index contributed by atoms with van der Waals surface area (Å²) in [6, 6.07) is 14.9. The molecule has 0 aliphatic carbocycles. The van der Waals surface area contributed by atoms with E-state index in [-0.39, 0.29) is 6.61 Å². The molecule has 5 nitrogen and oxygen atoms in total.